The molecule has 0 bridgehead atoms. The van der Waals surface area contributed by atoms with Gasteiger partial charge in [-0.25, -0.2) is 14.6 Å². The molecule has 0 saturated heterocycles. The number of carbonyl (C=O) groups is 2. The number of carboxylic acids is 1. The van der Waals surface area contributed by atoms with E-state index in [-0.39, 0.29) is 5.92 Å². The number of carbonyl (C=O) groups excluding carboxylic acids is 1. The zero-order valence-corrected chi connectivity index (χ0v) is 12.7. The number of hydrogen-bond acceptors (Lipinski definition) is 4. The molecule has 6 nitrogen and oxygen atoms in total. The van der Waals surface area contributed by atoms with E-state index in [4.69, 9.17) is 0 Å². The molecule has 1 saturated carbocycles. The Morgan fingerprint density at radius 3 is 2.76 bits per heavy atom. The van der Waals surface area contributed by atoms with E-state index in [1.165, 1.54) is 11.3 Å². The van der Waals surface area contributed by atoms with Crippen LogP contribution in [0.15, 0.2) is 11.6 Å². The number of amides is 2. The zero-order chi connectivity index (χ0) is 15.1. The van der Waals surface area contributed by atoms with Gasteiger partial charge in [0, 0.05) is 24.5 Å². The second-order valence-corrected chi connectivity index (χ2v) is 6.27. The molecule has 1 unspecified atom stereocenters. The Morgan fingerprint density at radius 2 is 2.14 bits per heavy atom. The number of aromatic nitrogens is 1. The first-order chi connectivity index (χ1) is 10.2. The van der Waals surface area contributed by atoms with Crippen molar-refractivity contribution in [1.29, 1.82) is 0 Å². The molecule has 1 aromatic rings. The van der Waals surface area contributed by atoms with Crippen molar-refractivity contribution in [3.8, 4) is 0 Å². The lowest BCUT2D eigenvalue weighted by Crippen LogP contribution is -2.50. The molecule has 0 spiro atoms. The molecular weight excluding hydrogens is 290 g/mol. The first-order valence-corrected chi connectivity index (χ1v) is 8.20. The van der Waals surface area contributed by atoms with Crippen molar-refractivity contribution < 1.29 is 14.7 Å². The molecule has 21 heavy (non-hydrogen) atoms. The van der Waals surface area contributed by atoms with Crippen LogP contribution in [0.25, 0.3) is 0 Å². The fourth-order valence-corrected chi connectivity index (χ4v) is 3.32. The van der Waals surface area contributed by atoms with Crippen molar-refractivity contribution in [2.75, 3.05) is 6.54 Å². The maximum absolute atomic E-state index is 11.8. The third kappa shape index (κ3) is 5.00. The fourth-order valence-electron chi connectivity index (χ4n) is 2.70. The van der Waals surface area contributed by atoms with Gasteiger partial charge >= 0.3 is 12.0 Å². The summed E-state index contributed by atoms with van der Waals surface area (Å²) in [6.45, 7) is 0.455. The molecule has 1 fully saturated rings. The number of rotatable bonds is 6. The van der Waals surface area contributed by atoms with E-state index in [0.29, 0.717) is 13.0 Å². The normalized spacial score (nSPS) is 17.1. The van der Waals surface area contributed by atoms with Crippen LogP contribution in [0.5, 0.6) is 0 Å². The van der Waals surface area contributed by atoms with Gasteiger partial charge in [-0.2, -0.15) is 0 Å². The average Bonchev–Trinajstić information content (AvgIpc) is 2.98. The Kier molecular flexibility index (Phi) is 5.98. The summed E-state index contributed by atoms with van der Waals surface area (Å²) < 4.78 is 0. The molecule has 7 heteroatoms. The van der Waals surface area contributed by atoms with Crippen molar-refractivity contribution in [2.45, 2.75) is 44.6 Å². The van der Waals surface area contributed by atoms with E-state index in [1.54, 1.807) is 6.20 Å². The third-order valence-electron chi connectivity index (χ3n) is 3.78. The van der Waals surface area contributed by atoms with Gasteiger partial charge in [-0.1, -0.05) is 19.3 Å². The Hall–Kier alpha value is -1.63. The minimum atomic E-state index is -0.947. The van der Waals surface area contributed by atoms with E-state index < -0.39 is 18.0 Å². The van der Waals surface area contributed by atoms with Gasteiger partial charge in [0.1, 0.15) is 6.04 Å². The predicted octanol–water partition coefficient (Wildman–Crippen LogP) is 2.02. The first kappa shape index (κ1) is 15.8. The number of thiazole rings is 1. The van der Waals surface area contributed by atoms with Crippen LogP contribution in [-0.4, -0.2) is 34.7 Å². The molecule has 116 valence electrons. The fraction of sp³-hybridized carbons (Fsp3) is 0.643. The molecule has 1 aliphatic rings. The highest BCUT2D eigenvalue weighted by Gasteiger charge is 2.30. The number of nitrogens with zero attached hydrogens (tertiary/aromatic N) is 1. The lowest BCUT2D eigenvalue weighted by molar-refractivity contribution is -0.141. The highest BCUT2D eigenvalue weighted by Crippen LogP contribution is 2.26. The summed E-state index contributed by atoms with van der Waals surface area (Å²) in [7, 11) is 0. The summed E-state index contributed by atoms with van der Waals surface area (Å²) in [6, 6.07) is -1.20. The Morgan fingerprint density at radius 1 is 1.38 bits per heavy atom. The molecule has 1 heterocycles. The minimum Gasteiger partial charge on any atom is -0.480 e. The number of urea groups is 1. The van der Waals surface area contributed by atoms with Gasteiger partial charge in [-0.05, 0) is 18.8 Å². The number of aliphatic carboxylic acids is 1. The summed E-state index contributed by atoms with van der Waals surface area (Å²) in [5.41, 5.74) is 0. The summed E-state index contributed by atoms with van der Waals surface area (Å²) in [5, 5.41) is 17.4. The lowest BCUT2D eigenvalue weighted by atomic mass is 9.84. The molecule has 1 aromatic heterocycles. The first-order valence-electron chi connectivity index (χ1n) is 7.32. The van der Waals surface area contributed by atoms with Gasteiger partial charge in [0.2, 0.25) is 0 Å². The van der Waals surface area contributed by atoms with Crippen molar-refractivity contribution >= 4 is 23.3 Å². The molecule has 1 aliphatic carbocycles. The summed E-state index contributed by atoms with van der Waals surface area (Å²) in [4.78, 5) is 27.3. The van der Waals surface area contributed by atoms with E-state index >= 15 is 0 Å². The minimum absolute atomic E-state index is 0.0426. The van der Waals surface area contributed by atoms with Gasteiger partial charge < -0.3 is 15.7 Å². The molecule has 0 aromatic carbocycles. The van der Waals surface area contributed by atoms with E-state index in [2.05, 4.69) is 15.6 Å². The predicted molar refractivity (Wildman–Crippen MR) is 80.4 cm³/mol. The Balaban J connectivity index is 1.76. The number of carboxylic acid groups (broad SMARTS) is 1. The van der Waals surface area contributed by atoms with Crippen LogP contribution in [0.2, 0.25) is 0 Å². The van der Waals surface area contributed by atoms with Crippen LogP contribution in [0, 0.1) is 5.92 Å². The van der Waals surface area contributed by atoms with Gasteiger partial charge in [-0.15, -0.1) is 11.3 Å². The van der Waals surface area contributed by atoms with Crippen LogP contribution in [0.1, 0.15) is 37.1 Å². The summed E-state index contributed by atoms with van der Waals surface area (Å²) >= 11 is 1.54. The van der Waals surface area contributed by atoms with Gasteiger partial charge in [0.15, 0.2) is 0 Å². The van der Waals surface area contributed by atoms with Crippen molar-refractivity contribution in [1.82, 2.24) is 15.6 Å². The lowest BCUT2D eigenvalue weighted by Gasteiger charge is -2.28. The van der Waals surface area contributed by atoms with E-state index in [1.807, 2.05) is 5.38 Å². The SMILES string of the molecule is O=C(NCCc1nccs1)NC(C(=O)O)C1CCCCC1. The van der Waals surface area contributed by atoms with Crippen LogP contribution in [0.3, 0.4) is 0 Å². The van der Waals surface area contributed by atoms with Gasteiger partial charge in [0.05, 0.1) is 5.01 Å². The Labute approximate surface area is 128 Å². The molecule has 1 atom stereocenters. The molecule has 2 rings (SSSR count). The molecule has 0 radical (unpaired) electrons. The van der Waals surface area contributed by atoms with Crippen molar-refractivity contribution in [2.24, 2.45) is 5.92 Å². The highest BCUT2D eigenvalue weighted by molar-refractivity contribution is 7.09. The third-order valence-corrected chi connectivity index (χ3v) is 4.62. The van der Waals surface area contributed by atoms with Gasteiger partial charge in [0.25, 0.3) is 0 Å². The molecule has 2 amide bonds. The summed E-state index contributed by atoms with van der Waals surface area (Å²) in [5.74, 6) is -0.905. The van der Waals surface area contributed by atoms with Crippen molar-refractivity contribution in [3.63, 3.8) is 0 Å². The van der Waals surface area contributed by atoms with Gasteiger partial charge in [-0.3, -0.25) is 0 Å². The van der Waals surface area contributed by atoms with Crippen LogP contribution in [0.4, 0.5) is 4.79 Å². The zero-order valence-electron chi connectivity index (χ0n) is 11.9. The smallest absolute Gasteiger partial charge is 0.326 e. The topological polar surface area (TPSA) is 91.3 Å². The van der Waals surface area contributed by atoms with Crippen LogP contribution < -0.4 is 10.6 Å². The monoisotopic (exact) mass is 311 g/mol. The van der Waals surface area contributed by atoms with Crippen LogP contribution >= 0.6 is 11.3 Å². The highest BCUT2D eigenvalue weighted by atomic mass is 32.1. The quantitative estimate of drug-likeness (QED) is 0.749. The Bertz CT molecular complexity index is 458. The molecule has 0 aliphatic heterocycles. The molecular formula is C14H21N3O3S. The number of hydrogen-bond donors (Lipinski definition) is 3. The average molecular weight is 311 g/mol. The van der Waals surface area contributed by atoms with E-state index in [0.717, 1.165) is 37.1 Å². The van der Waals surface area contributed by atoms with Crippen molar-refractivity contribution in [3.05, 3.63) is 16.6 Å². The molecule has 3 N–H and O–H groups in total. The standard InChI is InChI=1S/C14H21N3O3S/c18-13(19)12(10-4-2-1-3-5-10)17-14(20)16-7-6-11-15-8-9-21-11/h8-10,12H,1-7H2,(H,18,19)(H2,16,17,20). The second-order valence-electron chi connectivity index (χ2n) is 5.29. The van der Waals surface area contributed by atoms with E-state index in [9.17, 15) is 14.7 Å². The maximum Gasteiger partial charge on any atom is 0.326 e. The largest absolute Gasteiger partial charge is 0.480 e. The maximum atomic E-state index is 11.8. The van der Waals surface area contributed by atoms with Crippen LogP contribution in [-0.2, 0) is 11.2 Å². The number of nitrogens with one attached hydrogen (secondary N) is 2. The summed E-state index contributed by atoms with van der Waals surface area (Å²) in [6.07, 6.45) is 7.37. The second kappa shape index (κ2) is 7.97.